The molecule has 0 unspecified atom stereocenters. The number of hydrogen-bond donors (Lipinski definition) is 1. The van der Waals surface area contributed by atoms with Crippen LogP contribution in [0.5, 0.6) is 11.5 Å². The number of benzene rings is 3. The zero-order chi connectivity index (χ0) is 18.8. The summed E-state index contributed by atoms with van der Waals surface area (Å²) in [5.41, 5.74) is 2.63. The number of rotatable bonds is 5. The summed E-state index contributed by atoms with van der Waals surface area (Å²) in [6, 6.07) is 21.1. The molecule has 1 N–H and O–H groups in total. The van der Waals surface area contributed by atoms with Crippen molar-refractivity contribution >= 4 is 34.0 Å². The normalized spacial score (nSPS) is 10.8. The second-order valence-electron chi connectivity index (χ2n) is 5.95. The summed E-state index contributed by atoms with van der Waals surface area (Å²) < 4.78 is 12.3. The van der Waals surface area contributed by atoms with E-state index in [2.05, 4.69) is 5.32 Å². The maximum absolute atomic E-state index is 6.49. The predicted octanol–water partition coefficient (Wildman–Crippen LogP) is 5.44. The fourth-order valence-corrected chi connectivity index (χ4v) is 3.19. The highest BCUT2D eigenvalue weighted by molar-refractivity contribution is 6.36. The first-order valence-electron chi connectivity index (χ1n) is 8.42. The Kier molecular flexibility index (Phi) is 4.60. The van der Waals surface area contributed by atoms with Crippen LogP contribution >= 0.6 is 11.6 Å². The van der Waals surface area contributed by atoms with Crippen molar-refractivity contribution in [2.45, 2.75) is 0 Å². The number of halogens is 1. The average molecular weight is 380 g/mol. The molecular formula is C21H18ClN3O2. The molecule has 0 radical (unpaired) electrons. The van der Waals surface area contributed by atoms with Crippen molar-refractivity contribution in [3.05, 3.63) is 71.8 Å². The minimum atomic E-state index is 0.642. The van der Waals surface area contributed by atoms with E-state index in [0.717, 1.165) is 39.6 Å². The molecule has 0 bridgehead atoms. The lowest BCUT2D eigenvalue weighted by atomic mass is 10.2. The summed E-state index contributed by atoms with van der Waals surface area (Å²) in [6.45, 7) is 0. The van der Waals surface area contributed by atoms with Gasteiger partial charge in [-0.1, -0.05) is 17.7 Å². The molecule has 3 aromatic carbocycles. The number of hydrogen-bond acceptors (Lipinski definition) is 4. The van der Waals surface area contributed by atoms with Gasteiger partial charge in [0.25, 0.3) is 0 Å². The first kappa shape index (κ1) is 17.2. The van der Waals surface area contributed by atoms with Crippen LogP contribution in [0.1, 0.15) is 0 Å². The van der Waals surface area contributed by atoms with Gasteiger partial charge in [0.15, 0.2) is 0 Å². The van der Waals surface area contributed by atoms with Crippen LogP contribution in [0.25, 0.3) is 16.6 Å². The Labute approximate surface area is 162 Å². The van der Waals surface area contributed by atoms with Gasteiger partial charge in [0.05, 0.1) is 35.8 Å². The average Bonchev–Trinajstić information content (AvgIpc) is 3.08. The Hall–Kier alpha value is -3.18. The predicted molar refractivity (Wildman–Crippen MR) is 109 cm³/mol. The van der Waals surface area contributed by atoms with Crippen molar-refractivity contribution in [3.8, 4) is 17.2 Å². The number of aromatic nitrogens is 2. The highest BCUT2D eigenvalue weighted by Crippen LogP contribution is 2.34. The molecule has 0 saturated heterocycles. The Balaban J connectivity index is 1.84. The Morgan fingerprint density at radius 1 is 0.852 bits per heavy atom. The summed E-state index contributed by atoms with van der Waals surface area (Å²) in [5.74, 6) is 2.39. The van der Waals surface area contributed by atoms with Gasteiger partial charge in [-0.3, -0.25) is 0 Å². The largest absolute Gasteiger partial charge is 0.497 e. The molecule has 4 rings (SSSR count). The van der Waals surface area contributed by atoms with Crippen LogP contribution < -0.4 is 14.8 Å². The number of nitrogens with one attached hydrogen (secondary N) is 1. The second-order valence-corrected chi connectivity index (χ2v) is 6.35. The topological polar surface area (TPSA) is 48.3 Å². The third-order valence-corrected chi connectivity index (χ3v) is 4.63. The van der Waals surface area contributed by atoms with Crippen LogP contribution in [0, 0.1) is 0 Å². The van der Waals surface area contributed by atoms with Gasteiger partial charge in [0.2, 0.25) is 0 Å². The molecule has 1 heterocycles. The maximum atomic E-state index is 6.49. The first-order chi connectivity index (χ1) is 13.2. The quantitative estimate of drug-likeness (QED) is 0.501. The summed E-state index contributed by atoms with van der Waals surface area (Å²) in [5, 5.41) is 9.69. The van der Waals surface area contributed by atoms with E-state index in [9.17, 15) is 0 Å². The number of nitrogens with zero attached hydrogens (tertiary/aromatic N) is 2. The van der Waals surface area contributed by atoms with Crippen LogP contribution in [-0.4, -0.2) is 24.0 Å². The summed E-state index contributed by atoms with van der Waals surface area (Å²) >= 11 is 6.49. The summed E-state index contributed by atoms with van der Waals surface area (Å²) in [7, 11) is 3.29. The van der Waals surface area contributed by atoms with Crippen molar-refractivity contribution in [1.82, 2.24) is 9.78 Å². The Morgan fingerprint density at radius 2 is 1.48 bits per heavy atom. The first-order valence-corrected chi connectivity index (χ1v) is 8.80. The second kappa shape index (κ2) is 7.21. The van der Waals surface area contributed by atoms with E-state index in [4.69, 9.17) is 26.2 Å². The molecule has 0 aliphatic carbocycles. The molecule has 0 saturated carbocycles. The fourth-order valence-electron chi connectivity index (χ4n) is 2.93. The number of ether oxygens (including phenoxy) is 2. The van der Waals surface area contributed by atoms with Gasteiger partial charge in [0.1, 0.15) is 17.3 Å². The van der Waals surface area contributed by atoms with Gasteiger partial charge in [-0.15, -0.1) is 0 Å². The molecule has 136 valence electrons. The van der Waals surface area contributed by atoms with Crippen LogP contribution in [0.4, 0.5) is 11.5 Å². The van der Waals surface area contributed by atoms with Gasteiger partial charge >= 0.3 is 0 Å². The third-order valence-electron chi connectivity index (χ3n) is 4.32. The molecule has 0 aliphatic heterocycles. The molecular weight excluding hydrogens is 362 g/mol. The van der Waals surface area contributed by atoms with Gasteiger partial charge in [-0.05, 0) is 60.7 Å². The summed E-state index contributed by atoms with van der Waals surface area (Å²) in [6.07, 6.45) is 0. The smallest absolute Gasteiger partial charge is 0.143 e. The molecule has 4 aromatic rings. The third kappa shape index (κ3) is 3.29. The van der Waals surface area contributed by atoms with Crippen LogP contribution in [0.3, 0.4) is 0 Å². The highest BCUT2D eigenvalue weighted by atomic mass is 35.5. The van der Waals surface area contributed by atoms with Crippen molar-refractivity contribution < 1.29 is 9.47 Å². The Bertz CT molecular complexity index is 1070. The molecule has 0 fully saturated rings. The fraction of sp³-hybridized carbons (Fsp3) is 0.0952. The van der Waals surface area contributed by atoms with Crippen molar-refractivity contribution in [1.29, 1.82) is 0 Å². The van der Waals surface area contributed by atoms with Crippen LogP contribution in [-0.2, 0) is 0 Å². The van der Waals surface area contributed by atoms with Gasteiger partial charge in [-0.2, -0.15) is 5.10 Å². The van der Waals surface area contributed by atoms with Gasteiger partial charge < -0.3 is 14.8 Å². The molecule has 0 amide bonds. The van der Waals surface area contributed by atoms with Crippen molar-refractivity contribution in [3.63, 3.8) is 0 Å². The zero-order valence-electron chi connectivity index (χ0n) is 14.9. The van der Waals surface area contributed by atoms with E-state index in [1.54, 1.807) is 14.2 Å². The SMILES string of the molecule is COc1ccc(Nc2c3c(Cl)cccc3nn2-c2ccc(OC)cc2)cc1. The lowest BCUT2D eigenvalue weighted by molar-refractivity contribution is 0.414. The van der Waals surface area contributed by atoms with Crippen molar-refractivity contribution in [2.24, 2.45) is 0 Å². The zero-order valence-corrected chi connectivity index (χ0v) is 15.7. The Morgan fingerprint density at radius 3 is 2.11 bits per heavy atom. The lowest BCUT2D eigenvalue weighted by Crippen LogP contribution is -2.02. The molecule has 0 spiro atoms. The van der Waals surface area contributed by atoms with E-state index in [1.165, 1.54) is 0 Å². The van der Waals surface area contributed by atoms with E-state index in [0.29, 0.717) is 5.02 Å². The molecule has 5 nitrogen and oxygen atoms in total. The van der Waals surface area contributed by atoms with Crippen LogP contribution in [0.15, 0.2) is 66.7 Å². The standard InChI is InChI=1S/C21H18ClN3O2/c1-26-16-10-6-14(7-11-16)23-21-20-18(22)4-3-5-19(20)24-25(21)15-8-12-17(27-2)13-9-15/h3-13,23H,1-2H3. The molecule has 1 aromatic heterocycles. The number of anilines is 2. The summed E-state index contributed by atoms with van der Waals surface area (Å²) in [4.78, 5) is 0. The molecule has 0 aliphatic rings. The lowest BCUT2D eigenvalue weighted by Gasteiger charge is -2.12. The van der Waals surface area contributed by atoms with E-state index >= 15 is 0 Å². The molecule has 0 atom stereocenters. The number of fused-ring (bicyclic) bond motifs is 1. The van der Waals surface area contributed by atoms with Gasteiger partial charge in [-0.25, -0.2) is 4.68 Å². The molecule has 6 heteroatoms. The molecule has 27 heavy (non-hydrogen) atoms. The van der Waals surface area contributed by atoms with Crippen LogP contribution in [0.2, 0.25) is 5.02 Å². The minimum Gasteiger partial charge on any atom is -0.497 e. The monoisotopic (exact) mass is 379 g/mol. The van der Waals surface area contributed by atoms with E-state index in [-0.39, 0.29) is 0 Å². The highest BCUT2D eigenvalue weighted by Gasteiger charge is 2.16. The maximum Gasteiger partial charge on any atom is 0.143 e. The number of methoxy groups -OCH3 is 2. The van der Waals surface area contributed by atoms with Crippen molar-refractivity contribution in [2.75, 3.05) is 19.5 Å². The van der Waals surface area contributed by atoms with Gasteiger partial charge in [0, 0.05) is 5.69 Å². The van der Waals surface area contributed by atoms with E-state index in [1.807, 2.05) is 71.4 Å². The van der Waals surface area contributed by atoms with E-state index < -0.39 is 0 Å². The minimum absolute atomic E-state index is 0.642.